The third-order valence-electron chi connectivity index (χ3n) is 6.97. The van der Waals surface area contributed by atoms with Crippen molar-refractivity contribution >= 4 is 35.1 Å². The lowest BCUT2D eigenvalue weighted by Gasteiger charge is -2.34. The molecule has 1 atom stereocenters. The number of piperidine rings is 1. The minimum absolute atomic E-state index is 0.0164. The number of carbonyl (C=O) groups is 3. The molecular weight excluding hydrogens is 536 g/mol. The molecule has 1 fully saturated rings. The van der Waals surface area contributed by atoms with E-state index in [0.29, 0.717) is 59.3 Å². The molecule has 0 radical (unpaired) electrons. The van der Waals surface area contributed by atoms with Gasteiger partial charge < -0.3 is 29.5 Å². The van der Waals surface area contributed by atoms with Crippen LogP contribution in [-0.2, 0) is 14.4 Å². The minimum Gasteiger partial charge on any atom is -0.496 e. The molecule has 2 N–H and O–H groups in total. The van der Waals surface area contributed by atoms with Gasteiger partial charge in [0.25, 0.3) is 0 Å². The molecule has 1 aliphatic rings. The number of rotatable bonds is 10. The normalized spacial score (nSPS) is 14.9. The van der Waals surface area contributed by atoms with E-state index in [1.807, 2.05) is 20.8 Å². The number of hydrogen-bond acceptors (Lipinski definition) is 6. The van der Waals surface area contributed by atoms with Crippen molar-refractivity contribution < 1.29 is 34.1 Å². The molecule has 1 aliphatic heterocycles. The lowest BCUT2D eigenvalue weighted by Crippen LogP contribution is -2.42. The number of ether oxygens (including phenoxy) is 2. The van der Waals surface area contributed by atoms with Crippen LogP contribution in [0, 0.1) is 11.3 Å². The molecule has 1 heterocycles. The highest BCUT2D eigenvalue weighted by Crippen LogP contribution is 2.43. The molecule has 10 heteroatoms. The van der Waals surface area contributed by atoms with Crippen molar-refractivity contribution in [2.24, 2.45) is 11.3 Å². The first-order valence-corrected chi connectivity index (χ1v) is 13.7. The summed E-state index contributed by atoms with van der Waals surface area (Å²) in [5.74, 6) is -0.994. The number of para-hydroxylation sites is 1. The Kier molecular flexibility index (Phi) is 10.4. The summed E-state index contributed by atoms with van der Waals surface area (Å²) >= 11 is 6.43. The smallest absolute Gasteiger partial charge is 0.306 e. The van der Waals surface area contributed by atoms with E-state index in [-0.39, 0.29) is 36.6 Å². The SMILES string of the molecule is COc1ccccc1[C@H](O)c1cc(Cl)cc(OC)c1N(CC(C)(C)C)C(=O)CCC(=O)N1CCC(C(=O)O)CC1. The van der Waals surface area contributed by atoms with Gasteiger partial charge in [0.2, 0.25) is 11.8 Å². The van der Waals surface area contributed by atoms with E-state index in [4.69, 9.17) is 21.1 Å². The maximum absolute atomic E-state index is 13.8. The third kappa shape index (κ3) is 7.67. The van der Waals surface area contributed by atoms with E-state index in [2.05, 4.69) is 0 Å². The van der Waals surface area contributed by atoms with Gasteiger partial charge in [-0.25, -0.2) is 0 Å². The second-order valence-electron chi connectivity index (χ2n) is 11.2. The summed E-state index contributed by atoms with van der Waals surface area (Å²) < 4.78 is 11.1. The zero-order chi connectivity index (χ0) is 29.6. The number of benzene rings is 2. The number of methoxy groups -OCH3 is 2. The van der Waals surface area contributed by atoms with Crippen LogP contribution in [0.1, 0.15) is 63.7 Å². The van der Waals surface area contributed by atoms with Crippen molar-refractivity contribution in [2.75, 3.05) is 38.8 Å². The number of carboxylic acids is 1. The molecule has 218 valence electrons. The Balaban J connectivity index is 1.95. The zero-order valence-electron chi connectivity index (χ0n) is 23.8. The van der Waals surface area contributed by atoms with Gasteiger partial charge in [-0.1, -0.05) is 50.6 Å². The number of aliphatic hydroxyl groups is 1. The largest absolute Gasteiger partial charge is 0.496 e. The second-order valence-corrected chi connectivity index (χ2v) is 11.7. The maximum Gasteiger partial charge on any atom is 0.306 e. The maximum atomic E-state index is 13.8. The Morgan fingerprint density at radius 1 is 1.02 bits per heavy atom. The van der Waals surface area contributed by atoms with Gasteiger partial charge in [-0.3, -0.25) is 14.4 Å². The van der Waals surface area contributed by atoms with Crippen LogP contribution in [0.5, 0.6) is 11.5 Å². The fourth-order valence-electron chi connectivity index (χ4n) is 4.96. The molecule has 1 saturated heterocycles. The molecule has 2 aromatic rings. The van der Waals surface area contributed by atoms with Crippen LogP contribution < -0.4 is 14.4 Å². The van der Waals surface area contributed by atoms with Gasteiger partial charge in [-0.2, -0.15) is 0 Å². The van der Waals surface area contributed by atoms with Crippen LogP contribution in [0.25, 0.3) is 0 Å². The molecule has 0 saturated carbocycles. The first kappa shape index (κ1) is 31.2. The topological polar surface area (TPSA) is 117 Å². The van der Waals surface area contributed by atoms with E-state index >= 15 is 0 Å². The number of aliphatic hydroxyl groups excluding tert-OH is 1. The molecular formula is C30H39ClN2O7. The molecule has 0 unspecified atom stereocenters. The summed E-state index contributed by atoms with van der Waals surface area (Å²) in [4.78, 5) is 41.2. The fraction of sp³-hybridized carbons (Fsp3) is 0.500. The van der Waals surface area contributed by atoms with Crippen molar-refractivity contribution in [3.63, 3.8) is 0 Å². The predicted molar refractivity (Wildman–Crippen MR) is 153 cm³/mol. The fourth-order valence-corrected chi connectivity index (χ4v) is 5.17. The number of amides is 2. The van der Waals surface area contributed by atoms with Crippen molar-refractivity contribution in [3.8, 4) is 11.5 Å². The lowest BCUT2D eigenvalue weighted by atomic mass is 9.93. The molecule has 3 rings (SSSR count). The first-order valence-electron chi connectivity index (χ1n) is 13.4. The van der Waals surface area contributed by atoms with Gasteiger partial charge in [0.15, 0.2) is 0 Å². The zero-order valence-corrected chi connectivity index (χ0v) is 24.5. The van der Waals surface area contributed by atoms with E-state index in [1.165, 1.54) is 14.2 Å². The minimum atomic E-state index is -1.19. The van der Waals surface area contributed by atoms with Gasteiger partial charge in [-0.05, 0) is 30.4 Å². The highest BCUT2D eigenvalue weighted by atomic mass is 35.5. The second kappa shape index (κ2) is 13.4. The Morgan fingerprint density at radius 2 is 1.65 bits per heavy atom. The Morgan fingerprint density at radius 3 is 2.23 bits per heavy atom. The van der Waals surface area contributed by atoms with E-state index < -0.39 is 18.0 Å². The Labute approximate surface area is 240 Å². The Bertz CT molecular complexity index is 1220. The number of aliphatic carboxylic acids is 1. The van der Waals surface area contributed by atoms with Crippen LogP contribution in [-0.4, -0.2) is 66.8 Å². The quantitative estimate of drug-likeness (QED) is 0.413. The number of halogens is 1. The molecule has 9 nitrogen and oxygen atoms in total. The third-order valence-corrected chi connectivity index (χ3v) is 7.19. The van der Waals surface area contributed by atoms with Crippen molar-refractivity contribution in [2.45, 2.75) is 52.6 Å². The lowest BCUT2D eigenvalue weighted by molar-refractivity contribution is -0.145. The summed E-state index contributed by atoms with van der Waals surface area (Å²) in [5.41, 5.74) is 0.905. The summed E-state index contributed by atoms with van der Waals surface area (Å²) in [6.07, 6.45) is -0.471. The molecule has 40 heavy (non-hydrogen) atoms. The molecule has 0 aliphatic carbocycles. The monoisotopic (exact) mass is 574 g/mol. The first-order chi connectivity index (χ1) is 18.9. The molecule has 2 amide bonds. The van der Waals surface area contributed by atoms with E-state index in [1.54, 1.807) is 46.2 Å². The van der Waals surface area contributed by atoms with E-state index in [9.17, 15) is 24.6 Å². The number of carbonyl (C=O) groups excluding carboxylic acids is 2. The van der Waals surface area contributed by atoms with Gasteiger partial charge in [0, 0.05) is 54.7 Å². The number of hydrogen-bond donors (Lipinski definition) is 2. The summed E-state index contributed by atoms with van der Waals surface area (Å²) in [6.45, 7) is 6.97. The predicted octanol–water partition coefficient (Wildman–Crippen LogP) is 4.92. The number of nitrogens with zero attached hydrogens (tertiary/aromatic N) is 2. The van der Waals surface area contributed by atoms with Crippen LogP contribution in [0.4, 0.5) is 5.69 Å². The van der Waals surface area contributed by atoms with Crippen molar-refractivity contribution in [1.29, 1.82) is 0 Å². The van der Waals surface area contributed by atoms with Crippen molar-refractivity contribution in [1.82, 2.24) is 4.90 Å². The van der Waals surface area contributed by atoms with Gasteiger partial charge in [0.05, 0.1) is 25.8 Å². The molecule has 0 bridgehead atoms. The van der Waals surface area contributed by atoms with Crippen LogP contribution in [0.15, 0.2) is 36.4 Å². The number of carboxylic acid groups (broad SMARTS) is 1. The summed E-state index contributed by atoms with van der Waals surface area (Å²) in [6, 6.07) is 10.3. The average Bonchev–Trinajstić information content (AvgIpc) is 2.93. The van der Waals surface area contributed by atoms with Gasteiger partial charge in [-0.15, -0.1) is 0 Å². The van der Waals surface area contributed by atoms with Crippen LogP contribution >= 0.6 is 11.6 Å². The highest BCUT2D eigenvalue weighted by molar-refractivity contribution is 6.31. The van der Waals surface area contributed by atoms with Crippen LogP contribution in [0.3, 0.4) is 0 Å². The molecule has 0 spiro atoms. The molecule has 0 aromatic heterocycles. The standard InChI is InChI=1S/C30H39ClN2O7/c1-30(2,3)18-33(26(35)11-10-25(34)32-14-12-19(13-15-32)29(37)38)27-22(16-20(31)17-24(27)40-5)28(36)21-8-6-7-9-23(21)39-4/h6-9,16-17,19,28,36H,10-15,18H2,1-5H3,(H,37,38)/t28-/m0/s1. The van der Waals surface area contributed by atoms with E-state index in [0.717, 1.165) is 0 Å². The van der Waals surface area contributed by atoms with Gasteiger partial charge in [0.1, 0.15) is 17.6 Å². The number of anilines is 1. The average molecular weight is 575 g/mol. The highest BCUT2D eigenvalue weighted by Gasteiger charge is 2.32. The van der Waals surface area contributed by atoms with Crippen molar-refractivity contribution in [3.05, 3.63) is 52.5 Å². The molecule has 2 aromatic carbocycles. The summed E-state index contributed by atoms with van der Waals surface area (Å²) in [5, 5.41) is 21.1. The number of likely N-dealkylation sites (tertiary alicyclic amines) is 1. The van der Waals surface area contributed by atoms with Crippen LogP contribution in [0.2, 0.25) is 5.02 Å². The van der Waals surface area contributed by atoms with Gasteiger partial charge >= 0.3 is 5.97 Å². The Hall–Kier alpha value is -3.30. The summed E-state index contributed by atoms with van der Waals surface area (Å²) in [7, 11) is 2.99.